The van der Waals surface area contributed by atoms with Crippen molar-refractivity contribution in [3.05, 3.63) is 89.2 Å². The molecular weight excluding hydrogens is 360 g/mol. The van der Waals surface area contributed by atoms with Crippen molar-refractivity contribution in [1.82, 2.24) is 9.97 Å². The van der Waals surface area contributed by atoms with Crippen LogP contribution in [0.1, 0.15) is 21.7 Å². The highest BCUT2D eigenvalue weighted by Crippen LogP contribution is 2.26. The van der Waals surface area contributed by atoms with Crippen molar-refractivity contribution in [2.75, 3.05) is 0 Å². The van der Waals surface area contributed by atoms with Crippen molar-refractivity contribution in [3.63, 3.8) is 0 Å². The highest BCUT2D eigenvalue weighted by atomic mass is 19.2. The van der Waals surface area contributed by atoms with E-state index in [0.717, 1.165) is 28.8 Å². The molecule has 1 aromatic heterocycles. The standard InChI is InChI=1S/C22H15F2N3O/c23-17-8-5-13(11-18(17)24)6-10-21-26-19-9-7-14(12-20(19)27-21)15-3-1-2-4-16(15)22(25)28/h1-12H,(H2,25,28)(H,26,27). The summed E-state index contributed by atoms with van der Waals surface area (Å²) in [7, 11) is 0. The second-order valence-electron chi connectivity index (χ2n) is 6.27. The average Bonchev–Trinajstić information content (AvgIpc) is 3.11. The van der Waals surface area contributed by atoms with E-state index in [4.69, 9.17) is 5.73 Å². The van der Waals surface area contributed by atoms with Crippen LogP contribution < -0.4 is 5.73 Å². The van der Waals surface area contributed by atoms with Gasteiger partial charge in [0.2, 0.25) is 5.91 Å². The van der Waals surface area contributed by atoms with Crippen LogP contribution in [0.2, 0.25) is 0 Å². The summed E-state index contributed by atoms with van der Waals surface area (Å²) in [6, 6.07) is 16.4. The van der Waals surface area contributed by atoms with Crippen LogP contribution in [0, 0.1) is 11.6 Å². The molecule has 0 radical (unpaired) electrons. The fourth-order valence-corrected chi connectivity index (χ4v) is 3.01. The number of hydrogen-bond donors (Lipinski definition) is 2. The molecule has 3 N–H and O–H groups in total. The first kappa shape index (κ1) is 17.6. The summed E-state index contributed by atoms with van der Waals surface area (Å²) in [5.74, 6) is -1.71. The maximum Gasteiger partial charge on any atom is 0.249 e. The summed E-state index contributed by atoms with van der Waals surface area (Å²) in [6.07, 6.45) is 3.33. The van der Waals surface area contributed by atoms with E-state index in [9.17, 15) is 13.6 Å². The second kappa shape index (κ2) is 7.08. The SMILES string of the molecule is NC(=O)c1ccccc1-c1ccc2[nH]c(C=Cc3ccc(F)c(F)c3)nc2c1. The van der Waals surface area contributed by atoms with Crippen molar-refractivity contribution in [2.45, 2.75) is 0 Å². The van der Waals surface area contributed by atoms with Crippen LogP contribution in [0.5, 0.6) is 0 Å². The van der Waals surface area contributed by atoms with Gasteiger partial charge >= 0.3 is 0 Å². The fourth-order valence-electron chi connectivity index (χ4n) is 3.01. The molecule has 0 aliphatic heterocycles. The van der Waals surface area contributed by atoms with Gasteiger partial charge in [-0.3, -0.25) is 4.79 Å². The molecule has 0 saturated carbocycles. The van der Waals surface area contributed by atoms with Gasteiger partial charge in [0.05, 0.1) is 11.0 Å². The number of aromatic nitrogens is 2. The van der Waals surface area contributed by atoms with E-state index in [1.807, 2.05) is 30.3 Å². The monoisotopic (exact) mass is 375 g/mol. The van der Waals surface area contributed by atoms with Gasteiger partial charge in [-0.25, -0.2) is 13.8 Å². The molecule has 3 aromatic carbocycles. The number of primary amides is 1. The van der Waals surface area contributed by atoms with Crippen LogP contribution in [0.4, 0.5) is 8.78 Å². The first-order valence-electron chi connectivity index (χ1n) is 8.53. The Morgan fingerprint density at radius 1 is 0.964 bits per heavy atom. The van der Waals surface area contributed by atoms with E-state index in [-0.39, 0.29) is 0 Å². The van der Waals surface area contributed by atoms with Gasteiger partial charge in [-0.15, -0.1) is 0 Å². The predicted octanol–water partition coefficient (Wildman–Crippen LogP) is 4.78. The lowest BCUT2D eigenvalue weighted by atomic mass is 9.99. The first-order valence-corrected chi connectivity index (χ1v) is 8.53. The highest BCUT2D eigenvalue weighted by molar-refractivity contribution is 6.00. The number of hydrogen-bond acceptors (Lipinski definition) is 2. The number of benzene rings is 3. The van der Waals surface area contributed by atoms with Crippen LogP contribution in [0.15, 0.2) is 60.7 Å². The van der Waals surface area contributed by atoms with Crippen molar-refractivity contribution in [3.8, 4) is 11.1 Å². The Kier molecular flexibility index (Phi) is 4.45. The fraction of sp³-hybridized carbons (Fsp3) is 0. The van der Waals surface area contributed by atoms with Crippen LogP contribution in [0.25, 0.3) is 34.3 Å². The summed E-state index contributed by atoms with van der Waals surface area (Å²) in [4.78, 5) is 19.3. The largest absolute Gasteiger partial charge is 0.366 e. The Morgan fingerprint density at radius 2 is 1.79 bits per heavy atom. The van der Waals surface area contributed by atoms with E-state index in [2.05, 4.69) is 9.97 Å². The van der Waals surface area contributed by atoms with E-state index in [1.165, 1.54) is 6.07 Å². The van der Waals surface area contributed by atoms with Crippen LogP contribution >= 0.6 is 0 Å². The number of fused-ring (bicyclic) bond motifs is 1. The van der Waals surface area contributed by atoms with Crippen LogP contribution in [-0.4, -0.2) is 15.9 Å². The Bertz CT molecular complexity index is 1230. The van der Waals surface area contributed by atoms with Gasteiger partial charge in [0.25, 0.3) is 0 Å². The van der Waals surface area contributed by atoms with E-state index in [1.54, 1.807) is 24.3 Å². The normalized spacial score (nSPS) is 11.4. The molecule has 4 aromatic rings. The van der Waals surface area contributed by atoms with Crippen LogP contribution in [-0.2, 0) is 0 Å². The number of amides is 1. The molecule has 0 aliphatic rings. The van der Waals surface area contributed by atoms with E-state index in [0.29, 0.717) is 22.5 Å². The third kappa shape index (κ3) is 3.40. The van der Waals surface area contributed by atoms with Gasteiger partial charge in [-0.05, 0) is 53.1 Å². The molecule has 0 spiro atoms. The third-order valence-corrected chi connectivity index (χ3v) is 4.38. The summed E-state index contributed by atoms with van der Waals surface area (Å²) < 4.78 is 26.3. The van der Waals surface area contributed by atoms with Crippen molar-refractivity contribution in [1.29, 1.82) is 0 Å². The third-order valence-electron chi connectivity index (χ3n) is 4.38. The molecule has 1 heterocycles. The average molecular weight is 375 g/mol. The van der Waals surface area contributed by atoms with E-state index >= 15 is 0 Å². The molecule has 0 unspecified atom stereocenters. The van der Waals surface area contributed by atoms with Gasteiger partial charge in [0.15, 0.2) is 11.6 Å². The quantitative estimate of drug-likeness (QED) is 0.539. The summed E-state index contributed by atoms with van der Waals surface area (Å²) in [5.41, 5.74) is 9.51. The molecule has 0 fully saturated rings. The molecular formula is C22H15F2N3O. The molecule has 0 aliphatic carbocycles. The smallest absolute Gasteiger partial charge is 0.249 e. The number of nitrogens with two attached hydrogens (primary N) is 1. The van der Waals surface area contributed by atoms with Crippen molar-refractivity contribution in [2.24, 2.45) is 5.73 Å². The summed E-state index contributed by atoms with van der Waals surface area (Å²) in [6.45, 7) is 0. The molecule has 1 amide bonds. The van der Waals surface area contributed by atoms with Gasteiger partial charge in [-0.1, -0.05) is 36.4 Å². The molecule has 28 heavy (non-hydrogen) atoms. The van der Waals surface area contributed by atoms with Crippen molar-refractivity contribution >= 4 is 29.1 Å². The lowest BCUT2D eigenvalue weighted by molar-refractivity contribution is 0.100. The minimum absolute atomic E-state index is 0.441. The maximum atomic E-state index is 13.3. The molecule has 4 rings (SSSR count). The second-order valence-corrected chi connectivity index (χ2v) is 6.27. The molecule has 138 valence electrons. The van der Waals surface area contributed by atoms with Gasteiger partial charge in [-0.2, -0.15) is 0 Å². The lowest BCUT2D eigenvalue weighted by Gasteiger charge is -2.06. The molecule has 6 heteroatoms. The number of carbonyl (C=O) groups excluding carboxylic acids is 1. The minimum Gasteiger partial charge on any atom is -0.366 e. The Labute approximate surface area is 159 Å². The summed E-state index contributed by atoms with van der Waals surface area (Å²) in [5, 5.41) is 0. The number of imidazole rings is 1. The lowest BCUT2D eigenvalue weighted by Crippen LogP contribution is -2.12. The zero-order valence-electron chi connectivity index (χ0n) is 14.6. The Balaban J connectivity index is 1.68. The van der Waals surface area contributed by atoms with Gasteiger partial charge in [0, 0.05) is 5.56 Å². The molecule has 0 atom stereocenters. The van der Waals surface area contributed by atoms with Gasteiger partial charge < -0.3 is 10.7 Å². The van der Waals surface area contributed by atoms with Crippen LogP contribution in [0.3, 0.4) is 0 Å². The number of halogens is 2. The zero-order valence-corrected chi connectivity index (χ0v) is 14.6. The number of nitrogens with zero attached hydrogens (tertiary/aromatic N) is 1. The number of nitrogens with one attached hydrogen (secondary N) is 1. The van der Waals surface area contributed by atoms with Crippen molar-refractivity contribution < 1.29 is 13.6 Å². The molecule has 4 nitrogen and oxygen atoms in total. The number of H-pyrrole nitrogens is 1. The topological polar surface area (TPSA) is 71.8 Å². The Morgan fingerprint density at radius 3 is 2.57 bits per heavy atom. The number of carbonyl (C=O) groups is 1. The van der Waals surface area contributed by atoms with Gasteiger partial charge in [0.1, 0.15) is 5.82 Å². The molecule has 0 bridgehead atoms. The molecule has 0 saturated heterocycles. The number of rotatable bonds is 4. The summed E-state index contributed by atoms with van der Waals surface area (Å²) >= 11 is 0. The highest BCUT2D eigenvalue weighted by Gasteiger charge is 2.10. The maximum absolute atomic E-state index is 13.3. The number of aromatic amines is 1. The Hall–Kier alpha value is -3.80. The first-order chi connectivity index (χ1) is 13.5. The predicted molar refractivity (Wildman–Crippen MR) is 105 cm³/mol. The minimum atomic E-state index is -0.899. The zero-order chi connectivity index (χ0) is 19.7. The van der Waals surface area contributed by atoms with E-state index < -0.39 is 17.5 Å².